The third kappa shape index (κ3) is 4.44. The molecular formula is C17H30N2O4. The van der Waals surface area contributed by atoms with Crippen LogP contribution in [0.2, 0.25) is 0 Å². The molecule has 3 saturated heterocycles. The molecule has 3 atom stereocenters. The molecule has 6 nitrogen and oxygen atoms in total. The predicted molar refractivity (Wildman–Crippen MR) is 86.4 cm³/mol. The standard InChI is InChI=1S/C17H30N2O4/c1-21-11-10-18-9-6-16-15(18)5-4-14(23-16)12-22-13-17(20)19-7-2-3-8-19/h14-16H,2-13H2,1H3/t14?,15-,16-/m0/s1. The molecule has 0 spiro atoms. The van der Waals surface area contributed by atoms with Crippen molar-refractivity contribution >= 4 is 5.91 Å². The minimum Gasteiger partial charge on any atom is -0.383 e. The number of amides is 1. The molecule has 0 bridgehead atoms. The Morgan fingerprint density at radius 2 is 2.00 bits per heavy atom. The van der Waals surface area contributed by atoms with E-state index in [9.17, 15) is 4.79 Å². The smallest absolute Gasteiger partial charge is 0.248 e. The normalized spacial score (nSPS) is 31.5. The lowest BCUT2D eigenvalue weighted by atomic mass is 9.99. The van der Waals surface area contributed by atoms with Gasteiger partial charge in [-0.05, 0) is 32.1 Å². The number of methoxy groups -OCH3 is 1. The Morgan fingerprint density at radius 3 is 2.78 bits per heavy atom. The Labute approximate surface area is 139 Å². The summed E-state index contributed by atoms with van der Waals surface area (Å²) in [6, 6.07) is 0.535. The number of hydrogen-bond acceptors (Lipinski definition) is 5. The van der Waals surface area contributed by atoms with Gasteiger partial charge in [-0.2, -0.15) is 0 Å². The van der Waals surface area contributed by atoms with Gasteiger partial charge >= 0.3 is 0 Å². The van der Waals surface area contributed by atoms with Crippen LogP contribution >= 0.6 is 0 Å². The fourth-order valence-electron chi connectivity index (χ4n) is 4.03. The number of carbonyl (C=O) groups excluding carboxylic acids is 1. The zero-order chi connectivity index (χ0) is 16.1. The number of nitrogens with zero attached hydrogens (tertiary/aromatic N) is 2. The number of rotatable bonds is 7. The van der Waals surface area contributed by atoms with Crippen LogP contribution in [-0.2, 0) is 19.0 Å². The van der Waals surface area contributed by atoms with Gasteiger partial charge in [0.25, 0.3) is 0 Å². The monoisotopic (exact) mass is 326 g/mol. The first-order valence-electron chi connectivity index (χ1n) is 9.02. The molecule has 1 amide bonds. The number of likely N-dealkylation sites (tertiary alicyclic amines) is 2. The van der Waals surface area contributed by atoms with E-state index < -0.39 is 0 Å². The summed E-state index contributed by atoms with van der Waals surface area (Å²) in [6.45, 7) is 5.40. The lowest BCUT2D eigenvalue weighted by Crippen LogP contribution is -2.44. The van der Waals surface area contributed by atoms with E-state index in [0.29, 0.717) is 18.8 Å². The molecule has 132 valence electrons. The molecule has 0 N–H and O–H groups in total. The van der Waals surface area contributed by atoms with Crippen molar-refractivity contribution in [2.45, 2.75) is 50.4 Å². The first-order chi connectivity index (χ1) is 11.3. The summed E-state index contributed by atoms with van der Waals surface area (Å²) in [7, 11) is 1.75. The lowest BCUT2D eigenvalue weighted by Gasteiger charge is -2.36. The number of carbonyl (C=O) groups is 1. The first kappa shape index (κ1) is 17.1. The molecule has 1 unspecified atom stereocenters. The maximum absolute atomic E-state index is 12.0. The van der Waals surface area contributed by atoms with E-state index in [1.54, 1.807) is 7.11 Å². The number of ether oxygens (including phenoxy) is 3. The molecule has 3 fully saturated rings. The van der Waals surface area contributed by atoms with Crippen molar-refractivity contribution < 1.29 is 19.0 Å². The van der Waals surface area contributed by atoms with Crippen LogP contribution in [0.4, 0.5) is 0 Å². The average molecular weight is 326 g/mol. The second-order valence-corrected chi connectivity index (χ2v) is 6.86. The van der Waals surface area contributed by atoms with Crippen LogP contribution in [0.5, 0.6) is 0 Å². The van der Waals surface area contributed by atoms with Gasteiger partial charge in [0.1, 0.15) is 6.61 Å². The van der Waals surface area contributed by atoms with Crippen molar-refractivity contribution in [2.75, 3.05) is 53.1 Å². The van der Waals surface area contributed by atoms with E-state index in [-0.39, 0.29) is 18.6 Å². The molecule has 3 heterocycles. The van der Waals surface area contributed by atoms with Gasteiger partial charge in [-0.3, -0.25) is 9.69 Å². The van der Waals surface area contributed by atoms with Crippen LogP contribution in [0.15, 0.2) is 0 Å². The Kier molecular flexibility index (Phi) is 6.28. The van der Waals surface area contributed by atoms with Gasteiger partial charge < -0.3 is 19.1 Å². The topological polar surface area (TPSA) is 51.2 Å². The number of hydrogen-bond donors (Lipinski definition) is 0. The molecule has 3 aliphatic rings. The van der Waals surface area contributed by atoms with Crippen molar-refractivity contribution in [1.82, 2.24) is 9.80 Å². The van der Waals surface area contributed by atoms with Crippen LogP contribution in [-0.4, -0.2) is 87.1 Å². The minimum absolute atomic E-state index is 0.128. The van der Waals surface area contributed by atoms with Gasteiger partial charge in [0.2, 0.25) is 5.91 Å². The zero-order valence-electron chi connectivity index (χ0n) is 14.2. The summed E-state index contributed by atoms with van der Waals surface area (Å²) < 4.78 is 17.0. The van der Waals surface area contributed by atoms with E-state index in [4.69, 9.17) is 14.2 Å². The van der Waals surface area contributed by atoms with Gasteiger partial charge in [-0.25, -0.2) is 0 Å². The van der Waals surface area contributed by atoms with Crippen molar-refractivity contribution in [1.29, 1.82) is 0 Å². The molecule has 0 aromatic carbocycles. The second kappa shape index (κ2) is 8.42. The molecule has 0 aliphatic carbocycles. The summed E-state index contributed by atoms with van der Waals surface area (Å²) >= 11 is 0. The van der Waals surface area contributed by atoms with Gasteiger partial charge in [0.15, 0.2) is 0 Å². The summed E-state index contributed by atoms with van der Waals surface area (Å²) in [5.41, 5.74) is 0. The van der Waals surface area contributed by atoms with E-state index in [1.807, 2.05) is 4.90 Å². The van der Waals surface area contributed by atoms with Crippen LogP contribution in [0.1, 0.15) is 32.1 Å². The Hall–Kier alpha value is -0.690. The molecule has 0 aromatic heterocycles. The summed E-state index contributed by atoms with van der Waals surface area (Å²) in [6.07, 6.45) is 5.98. The highest BCUT2D eigenvalue weighted by Crippen LogP contribution is 2.31. The zero-order valence-corrected chi connectivity index (χ0v) is 14.2. The van der Waals surface area contributed by atoms with E-state index in [0.717, 1.165) is 64.9 Å². The van der Waals surface area contributed by atoms with E-state index in [1.165, 1.54) is 0 Å². The molecule has 0 aromatic rings. The van der Waals surface area contributed by atoms with Gasteiger partial charge in [-0.1, -0.05) is 0 Å². The number of fused-ring (bicyclic) bond motifs is 1. The van der Waals surface area contributed by atoms with E-state index >= 15 is 0 Å². The molecule has 0 radical (unpaired) electrons. The highest BCUT2D eigenvalue weighted by Gasteiger charge is 2.39. The van der Waals surface area contributed by atoms with Crippen LogP contribution in [0, 0.1) is 0 Å². The Bertz CT molecular complexity index is 387. The summed E-state index contributed by atoms with van der Waals surface area (Å²) in [5.74, 6) is 0.128. The molecule has 3 rings (SSSR count). The third-order valence-corrected chi connectivity index (χ3v) is 5.32. The van der Waals surface area contributed by atoms with E-state index in [2.05, 4.69) is 4.90 Å². The van der Waals surface area contributed by atoms with Crippen molar-refractivity contribution in [3.63, 3.8) is 0 Å². The fourth-order valence-corrected chi connectivity index (χ4v) is 4.03. The third-order valence-electron chi connectivity index (χ3n) is 5.32. The fraction of sp³-hybridized carbons (Fsp3) is 0.941. The second-order valence-electron chi connectivity index (χ2n) is 6.86. The van der Waals surface area contributed by atoms with Crippen LogP contribution in [0.3, 0.4) is 0 Å². The molecule has 3 aliphatic heterocycles. The first-order valence-corrected chi connectivity index (χ1v) is 9.02. The quantitative estimate of drug-likeness (QED) is 0.696. The SMILES string of the molecule is COCCN1CC[C@@H]2OC(COCC(=O)N3CCCC3)CC[C@@H]21. The van der Waals surface area contributed by atoms with Crippen molar-refractivity contribution in [2.24, 2.45) is 0 Å². The minimum atomic E-state index is 0.128. The maximum atomic E-state index is 12.0. The summed E-state index contributed by atoms with van der Waals surface area (Å²) in [4.78, 5) is 16.3. The van der Waals surface area contributed by atoms with Gasteiger partial charge in [-0.15, -0.1) is 0 Å². The largest absolute Gasteiger partial charge is 0.383 e. The average Bonchev–Trinajstić information content (AvgIpc) is 3.22. The lowest BCUT2D eigenvalue weighted by molar-refractivity contribution is -0.139. The van der Waals surface area contributed by atoms with Gasteiger partial charge in [0, 0.05) is 39.3 Å². The van der Waals surface area contributed by atoms with Crippen molar-refractivity contribution in [3.8, 4) is 0 Å². The highest BCUT2D eigenvalue weighted by atomic mass is 16.5. The van der Waals surface area contributed by atoms with Gasteiger partial charge in [0.05, 0.1) is 25.4 Å². The Morgan fingerprint density at radius 1 is 1.17 bits per heavy atom. The maximum Gasteiger partial charge on any atom is 0.248 e. The molecule has 6 heteroatoms. The molecule has 0 saturated carbocycles. The molecule has 23 heavy (non-hydrogen) atoms. The van der Waals surface area contributed by atoms with Crippen LogP contribution in [0.25, 0.3) is 0 Å². The van der Waals surface area contributed by atoms with Crippen molar-refractivity contribution in [3.05, 3.63) is 0 Å². The van der Waals surface area contributed by atoms with Crippen LogP contribution < -0.4 is 0 Å². The highest BCUT2D eigenvalue weighted by molar-refractivity contribution is 5.77. The molecular weight excluding hydrogens is 296 g/mol. The summed E-state index contributed by atoms with van der Waals surface area (Å²) in [5, 5.41) is 0. The Balaban J connectivity index is 1.35. The predicted octanol–water partition coefficient (Wildman–Crippen LogP) is 0.894.